The molecule has 0 unspecified atom stereocenters. The Morgan fingerprint density at radius 3 is 2.95 bits per heavy atom. The highest BCUT2D eigenvalue weighted by molar-refractivity contribution is 7.91. The topological polar surface area (TPSA) is 79.3 Å². The number of aliphatic hydroxyl groups is 1. The third-order valence-electron chi connectivity index (χ3n) is 2.27. The molecule has 0 bridgehead atoms. The average molecular weight is 328 g/mol. The van der Waals surface area contributed by atoms with Crippen LogP contribution >= 0.6 is 22.7 Å². The van der Waals surface area contributed by atoms with E-state index in [-0.39, 0.29) is 17.4 Å². The van der Waals surface area contributed by atoms with E-state index in [0.717, 1.165) is 21.8 Å². The van der Waals surface area contributed by atoms with Gasteiger partial charge >= 0.3 is 0 Å². The van der Waals surface area contributed by atoms with Gasteiger partial charge in [-0.3, -0.25) is 0 Å². The monoisotopic (exact) mass is 328 g/mol. The summed E-state index contributed by atoms with van der Waals surface area (Å²) in [5.74, 6) is 5.32. The standard InChI is InChI=1S/C12H12N2O3S3/c1-9-13-7-12(19-9)20(16,17)14-6-11-5-10(8-18-11)3-2-4-15/h5,7-8,14-15H,4,6H2,1H3. The van der Waals surface area contributed by atoms with E-state index < -0.39 is 10.0 Å². The summed E-state index contributed by atoms with van der Waals surface area (Å²) in [6.45, 7) is 1.78. The van der Waals surface area contributed by atoms with Crippen LogP contribution in [-0.2, 0) is 16.6 Å². The zero-order valence-corrected chi connectivity index (χ0v) is 13.0. The van der Waals surface area contributed by atoms with Crippen LogP contribution in [0.1, 0.15) is 15.4 Å². The van der Waals surface area contributed by atoms with Crippen LogP contribution < -0.4 is 4.72 Å². The summed E-state index contributed by atoms with van der Waals surface area (Å²) in [4.78, 5) is 4.79. The summed E-state index contributed by atoms with van der Waals surface area (Å²) in [7, 11) is -3.51. The number of nitrogens with one attached hydrogen (secondary N) is 1. The second-order valence-electron chi connectivity index (χ2n) is 3.78. The fourth-order valence-electron chi connectivity index (χ4n) is 1.38. The van der Waals surface area contributed by atoms with Gasteiger partial charge in [-0.15, -0.1) is 22.7 Å². The zero-order chi connectivity index (χ0) is 14.6. The SMILES string of the molecule is Cc1ncc(S(=O)(=O)NCc2cc(C#CCO)cs2)s1. The molecule has 0 saturated carbocycles. The highest BCUT2D eigenvalue weighted by atomic mass is 32.2. The molecule has 2 aromatic heterocycles. The number of hydrogen-bond acceptors (Lipinski definition) is 6. The molecule has 2 N–H and O–H groups in total. The van der Waals surface area contributed by atoms with Gasteiger partial charge < -0.3 is 5.11 Å². The summed E-state index contributed by atoms with van der Waals surface area (Å²) in [5, 5.41) is 11.1. The first-order valence-corrected chi connectivity index (χ1v) is 8.78. The highest BCUT2D eigenvalue weighted by Crippen LogP contribution is 2.19. The molecular formula is C12H12N2O3S3. The van der Waals surface area contributed by atoms with E-state index in [4.69, 9.17) is 5.11 Å². The maximum Gasteiger partial charge on any atom is 0.252 e. The molecule has 0 spiro atoms. The molecule has 0 atom stereocenters. The Morgan fingerprint density at radius 2 is 2.30 bits per heavy atom. The normalized spacial score (nSPS) is 11.1. The Hall–Kier alpha value is -1.24. The molecule has 0 aliphatic heterocycles. The molecule has 20 heavy (non-hydrogen) atoms. The number of aryl methyl sites for hydroxylation is 1. The second-order valence-corrected chi connectivity index (χ2v) is 8.01. The summed E-state index contributed by atoms with van der Waals surface area (Å²) in [6.07, 6.45) is 1.36. The lowest BCUT2D eigenvalue weighted by atomic mass is 10.3. The zero-order valence-electron chi connectivity index (χ0n) is 10.6. The van der Waals surface area contributed by atoms with Gasteiger partial charge in [-0.1, -0.05) is 11.8 Å². The summed E-state index contributed by atoms with van der Waals surface area (Å²) >= 11 is 2.56. The molecule has 106 valence electrons. The van der Waals surface area contributed by atoms with Crippen molar-refractivity contribution in [1.82, 2.24) is 9.71 Å². The molecule has 2 rings (SSSR count). The smallest absolute Gasteiger partial charge is 0.252 e. The van der Waals surface area contributed by atoms with Crippen molar-refractivity contribution in [2.75, 3.05) is 6.61 Å². The van der Waals surface area contributed by atoms with Crippen molar-refractivity contribution in [3.63, 3.8) is 0 Å². The van der Waals surface area contributed by atoms with Crippen LogP contribution in [0.5, 0.6) is 0 Å². The van der Waals surface area contributed by atoms with Gasteiger partial charge in [0.05, 0.1) is 11.2 Å². The highest BCUT2D eigenvalue weighted by Gasteiger charge is 2.16. The number of rotatable bonds is 4. The molecule has 2 aromatic rings. The van der Waals surface area contributed by atoms with E-state index >= 15 is 0 Å². The molecule has 0 aromatic carbocycles. The third kappa shape index (κ3) is 3.88. The Bertz CT molecular complexity index is 750. The van der Waals surface area contributed by atoms with Crippen molar-refractivity contribution in [2.24, 2.45) is 0 Å². The number of aliphatic hydroxyl groups excluding tert-OH is 1. The van der Waals surface area contributed by atoms with Crippen molar-refractivity contribution in [3.05, 3.63) is 33.1 Å². The van der Waals surface area contributed by atoms with Crippen molar-refractivity contribution in [3.8, 4) is 11.8 Å². The molecule has 0 saturated heterocycles. The lowest BCUT2D eigenvalue weighted by molar-refractivity contribution is 0.350. The largest absolute Gasteiger partial charge is 0.384 e. The van der Waals surface area contributed by atoms with Gasteiger partial charge in [0.1, 0.15) is 6.61 Å². The van der Waals surface area contributed by atoms with Crippen LogP contribution in [0.2, 0.25) is 0 Å². The van der Waals surface area contributed by atoms with Crippen LogP contribution in [0.3, 0.4) is 0 Å². The minimum atomic E-state index is -3.51. The maximum atomic E-state index is 12.0. The Balaban J connectivity index is 2.03. The molecule has 0 amide bonds. The van der Waals surface area contributed by atoms with Crippen molar-refractivity contribution in [1.29, 1.82) is 0 Å². The van der Waals surface area contributed by atoms with Gasteiger partial charge in [0, 0.05) is 22.4 Å². The Kier molecular flexibility index (Phi) is 4.91. The van der Waals surface area contributed by atoms with E-state index in [1.165, 1.54) is 17.5 Å². The molecule has 0 aliphatic carbocycles. The molecule has 5 nitrogen and oxygen atoms in total. The summed E-state index contributed by atoms with van der Waals surface area (Å²) < 4.78 is 26.7. The molecule has 0 fully saturated rings. The molecular weight excluding hydrogens is 316 g/mol. The predicted molar refractivity (Wildman–Crippen MR) is 79.2 cm³/mol. The van der Waals surface area contributed by atoms with Crippen LogP contribution in [0.15, 0.2) is 21.9 Å². The predicted octanol–water partition coefficient (Wildman–Crippen LogP) is 1.34. The number of aromatic nitrogens is 1. The van der Waals surface area contributed by atoms with Crippen LogP contribution in [-0.4, -0.2) is 25.1 Å². The quantitative estimate of drug-likeness (QED) is 0.830. The molecule has 0 aliphatic rings. The van der Waals surface area contributed by atoms with Crippen LogP contribution in [0.25, 0.3) is 0 Å². The van der Waals surface area contributed by atoms with E-state index in [9.17, 15) is 8.42 Å². The van der Waals surface area contributed by atoms with E-state index in [1.54, 1.807) is 13.0 Å². The molecule has 8 heteroatoms. The van der Waals surface area contributed by atoms with Gasteiger partial charge in [-0.2, -0.15) is 0 Å². The first kappa shape index (κ1) is 15.2. The van der Waals surface area contributed by atoms with Gasteiger partial charge in [0.2, 0.25) is 0 Å². The van der Waals surface area contributed by atoms with E-state index in [1.807, 2.05) is 5.38 Å². The molecule has 2 heterocycles. The fraction of sp³-hybridized carbons (Fsp3) is 0.250. The van der Waals surface area contributed by atoms with E-state index in [2.05, 4.69) is 21.5 Å². The maximum absolute atomic E-state index is 12.0. The molecule has 0 radical (unpaired) electrons. The first-order valence-electron chi connectivity index (χ1n) is 5.60. The van der Waals surface area contributed by atoms with Crippen molar-refractivity contribution >= 4 is 32.7 Å². The van der Waals surface area contributed by atoms with Crippen LogP contribution in [0, 0.1) is 18.8 Å². The fourth-order valence-corrected chi connectivity index (χ4v) is 4.39. The van der Waals surface area contributed by atoms with Crippen LogP contribution in [0.4, 0.5) is 0 Å². The lowest BCUT2D eigenvalue weighted by Gasteiger charge is -2.01. The average Bonchev–Trinajstić information content (AvgIpc) is 3.03. The number of sulfonamides is 1. The number of thiazole rings is 1. The number of hydrogen-bond donors (Lipinski definition) is 2. The first-order chi connectivity index (χ1) is 9.51. The minimum absolute atomic E-state index is 0.192. The summed E-state index contributed by atoms with van der Waals surface area (Å²) in [5.41, 5.74) is 0.770. The van der Waals surface area contributed by atoms with Crippen molar-refractivity contribution < 1.29 is 13.5 Å². The van der Waals surface area contributed by atoms with Gasteiger partial charge in [0.25, 0.3) is 10.0 Å². The Morgan fingerprint density at radius 1 is 1.50 bits per heavy atom. The van der Waals surface area contributed by atoms with E-state index in [0.29, 0.717) is 5.01 Å². The minimum Gasteiger partial charge on any atom is -0.384 e. The third-order valence-corrected chi connectivity index (χ3v) is 5.98. The lowest BCUT2D eigenvalue weighted by Crippen LogP contribution is -2.21. The van der Waals surface area contributed by atoms with Crippen molar-refractivity contribution in [2.45, 2.75) is 17.7 Å². The van der Waals surface area contributed by atoms with Gasteiger partial charge in [-0.05, 0) is 13.0 Å². The Labute approximate surface area is 125 Å². The van der Waals surface area contributed by atoms with Gasteiger partial charge in [0.15, 0.2) is 4.21 Å². The number of thiophene rings is 1. The van der Waals surface area contributed by atoms with Gasteiger partial charge in [-0.25, -0.2) is 18.1 Å². The second kappa shape index (κ2) is 6.47. The summed E-state index contributed by atoms with van der Waals surface area (Å²) in [6, 6.07) is 1.80. The number of nitrogens with zero attached hydrogens (tertiary/aromatic N) is 1.